The van der Waals surface area contributed by atoms with Gasteiger partial charge in [-0.15, -0.1) is 11.8 Å². The van der Waals surface area contributed by atoms with Crippen LogP contribution in [0, 0.1) is 6.92 Å². The number of aryl methyl sites for hydroxylation is 1. The van der Waals surface area contributed by atoms with Gasteiger partial charge in [0.05, 0.1) is 16.7 Å². The maximum absolute atomic E-state index is 13.5. The van der Waals surface area contributed by atoms with Crippen molar-refractivity contribution in [3.05, 3.63) is 83.9 Å². The van der Waals surface area contributed by atoms with Crippen LogP contribution in [0.2, 0.25) is 0 Å². The number of hydrogen-bond donors (Lipinski definition) is 1. The molecule has 0 radical (unpaired) electrons. The Morgan fingerprint density at radius 3 is 2.32 bits per heavy atom. The smallest absolute Gasteiger partial charge is 0.264 e. The van der Waals surface area contributed by atoms with Gasteiger partial charge in [0.25, 0.3) is 10.0 Å². The summed E-state index contributed by atoms with van der Waals surface area (Å²) in [7, 11) is -3.95. The molecule has 0 fully saturated rings. The molecule has 6 nitrogen and oxygen atoms in total. The van der Waals surface area contributed by atoms with Crippen LogP contribution in [-0.4, -0.2) is 33.2 Å². The standard InChI is InChI=1S/C26H30N2O4S2/c1-19(2)32-23-7-5-6-21(16-23)17-27-26(29)18-28(22-10-8-20(3)9-11-22)34(30,31)25-14-12-24(33-4)13-15-25/h5-16,19H,17-18H2,1-4H3,(H,27,29). The van der Waals surface area contributed by atoms with Gasteiger partial charge >= 0.3 is 0 Å². The Bertz CT molecular complexity index is 1210. The third-order valence-corrected chi connectivity index (χ3v) is 7.55. The number of nitrogens with zero attached hydrogens (tertiary/aromatic N) is 1. The highest BCUT2D eigenvalue weighted by Crippen LogP contribution is 2.26. The van der Waals surface area contributed by atoms with Gasteiger partial charge in [-0.3, -0.25) is 9.10 Å². The zero-order valence-corrected chi connectivity index (χ0v) is 21.4. The van der Waals surface area contributed by atoms with Crippen molar-refractivity contribution in [1.29, 1.82) is 0 Å². The van der Waals surface area contributed by atoms with Crippen molar-refractivity contribution in [2.24, 2.45) is 0 Å². The van der Waals surface area contributed by atoms with Crippen molar-refractivity contribution < 1.29 is 17.9 Å². The molecule has 8 heteroatoms. The summed E-state index contributed by atoms with van der Waals surface area (Å²) in [5.74, 6) is 0.319. The highest BCUT2D eigenvalue weighted by atomic mass is 32.2. The van der Waals surface area contributed by atoms with E-state index in [0.29, 0.717) is 5.69 Å². The van der Waals surface area contributed by atoms with E-state index >= 15 is 0 Å². The summed E-state index contributed by atoms with van der Waals surface area (Å²) < 4.78 is 33.8. The molecular weight excluding hydrogens is 468 g/mol. The molecule has 0 spiro atoms. The van der Waals surface area contributed by atoms with Crippen LogP contribution in [0.3, 0.4) is 0 Å². The average molecular weight is 499 g/mol. The van der Waals surface area contributed by atoms with Gasteiger partial charge in [0, 0.05) is 11.4 Å². The van der Waals surface area contributed by atoms with Gasteiger partial charge in [-0.1, -0.05) is 29.8 Å². The van der Waals surface area contributed by atoms with Crippen LogP contribution in [0.15, 0.2) is 82.6 Å². The van der Waals surface area contributed by atoms with Crippen LogP contribution in [0.4, 0.5) is 5.69 Å². The van der Waals surface area contributed by atoms with Crippen molar-refractivity contribution >= 4 is 33.4 Å². The van der Waals surface area contributed by atoms with Crippen LogP contribution in [0.1, 0.15) is 25.0 Å². The fourth-order valence-corrected chi connectivity index (χ4v) is 5.12. The van der Waals surface area contributed by atoms with Gasteiger partial charge in [-0.05, 0) is 81.1 Å². The second-order valence-corrected chi connectivity index (χ2v) is 10.9. The lowest BCUT2D eigenvalue weighted by Gasteiger charge is -2.24. The number of sulfonamides is 1. The predicted molar refractivity (Wildman–Crippen MR) is 138 cm³/mol. The van der Waals surface area contributed by atoms with E-state index in [1.165, 1.54) is 11.8 Å². The van der Waals surface area contributed by atoms with Crippen LogP contribution in [-0.2, 0) is 21.4 Å². The van der Waals surface area contributed by atoms with Crippen molar-refractivity contribution in [2.45, 2.75) is 43.2 Å². The van der Waals surface area contributed by atoms with E-state index in [-0.39, 0.29) is 24.1 Å². The lowest BCUT2D eigenvalue weighted by atomic mass is 10.2. The summed E-state index contributed by atoms with van der Waals surface area (Å²) in [5.41, 5.74) is 2.30. The number of carbonyl (C=O) groups excluding carboxylic acids is 1. The lowest BCUT2D eigenvalue weighted by Crippen LogP contribution is -2.40. The molecule has 0 saturated heterocycles. The molecule has 0 saturated carbocycles. The van der Waals surface area contributed by atoms with Crippen LogP contribution in [0.25, 0.3) is 0 Å². The number of amides is 1. The molecule has 0 aliphatic rings. The van der Waals surface area contributed by atoms with Crippen LogP contribution in [0.5, 0.6) is 5.75 Å². The minimum absolute atomic E-state index is 0.0445. The zero-order valence-electron chi connectivity index (χ0n) is 19.8. The van der Waals surface area contributed by atoms with E-state index in [4.69, 9.17) is 4.74 Å². The van der Waals surface area contributed by atoms with E-state index < -0.39 is 15.9 Å². The Morgan fingerprint density at radius 2 is 1.71 bits per heavy atom. The summed E-state index contributed by atoms with van der Waals surface area (Å²) in [4.78, 5) is 14.0. The minimum atomic E-state index is -3.95. The summed E-state index contributed by atoms with van der Waals surface area (Å²) in [6.07, 6.45) is 1.97. The maximum Gasteiger partial charge on any atom is 0.264 e. The Hall–Kier alpha value is -2.97. The van der Waals surface area contributed by atoms with Crippen molar-refractivity contribution in [3.63, 3.8) is 0 Å². The summed E-state index contributed by atoms with van der Waals surface area (Å²) >= 11 is 1.53. The van der Waals surface area contributed by atoms with E-state index in [2.05, 4.69) is 5.32 Å². The third kappa shape index (κ3) is 6.77. The molecule has 0 aromatic heterocycles. The SMILES string of the molecule is CSc1ccc(S(=O)(=O)N(CC(=O)NCc2cccc(OC(C)C)c2)c2ccc(C)cc2)cc1. The molecule has 0 atom stereocenters. The molecule has 0 bridgehead atoms. The van der Waals surface area contributed by atoms with Gasteiger partial charge in [0.1, 0.15) is 12.3 Å². The molecule has 34 heavy (non-hydrogen) atoms. The third-order valence-electron chi connectivity index (χ3n) is 5.02. The molecular formula is C26H30N2O4S2. The van der Waals surface area contributed by atoms with Crippen LogP contribution < -0.4 is 14.4 Å². The lowest BCUT2D eigenvalue weighted by molar-refractivity contribution is -0.119. The first-order chi connectivity index (χ1) is 16.2. The predicted octanol–water partition coefficient (Wildman–Crippen LogP) is 5.02. The molecule has 3 rings (SSSR count). The van der Waals surface area contributed by atoms with Crippen LogP contribution >= 0.6 is 11.8 Å². The van der Waals surface area contributed by atoms with Crippen molar-refractivity contribution in [1.82, 2.24) is 5.32 Å². The summed E-state index contributed by atoms with van der Waals surface area (Å²) in [6, 6.07) is 21.2. The van der Waals surface area contributed by atoms with Gasteiger partial charge in [-0.2, -0.15) is 0 Å². The fraction of sp³-hybridized carbons (Fsp3) is 0.269. The number of carbonyl (C=O) groups is 1. The molecule has 1 amide bonds. The number of ether oxygens (including phenoxy) is 1. The molecule has 1 N–H and O–H groups in total. The van der Waals surface area contributed by atoms with E-state index in [9.17, 15) is 13.2 Å². The number of anilines is 1. The monoisotopic (exact) mass is 498 g/mol. The Balaban J connectivity index is 1.80. The second kappa shape index (κ2) is 11.4. The van der Waals surface area contributed by atoms with Gasteiger partial charge in [-0.25, -0.2) is 8.42 Å². The van der Waals surface area contributed by atoms with Gasteiger partial charge < -0.3 is 10.1 Å². The minimum Gasteiger partial charge on any atom is -0.491 e. The Morgan fingerprint density at radius 1 is 1.03 bits per heavy atom. The van der Waals surface area contributed by atoms with Gasteiger partial charge in [0.15, 0.2) is 0 Å². The number of benzene rings is 3. The number of rotatable bonds is 10. The molecule has 0 heterocycles. The summed E-state index contributed by atoms with van der Waals surface area (Å²) in [5, 5.41) is 2.83. The molecule has 3 aromatic carbocycles. The molecule has 180 valence electrons. The van der Waals surface area contributed by atoms with Gasteiger partial charge in [0.2, 0.25) is 5.91 Å². The zero-order chi connectivity index (χ0) is 24.7. The Kier molecular flexibility index (Phi) is 8.63. The highest BCUT2D eigenvalue weighted by Gasteiger charge is 2.27. The maximum atomic E-state index is 13.5. The first-order valence-electron chi connectivity index (χ1n) is 10.9. The summed E-state index contributed by atoms with van der Waals surface area (Å²) in [6.45, 7) is 5.75. The molecule has 0 unspecified atom stereocenters. The van der Waals surface area contributed by atoms with E-state index in [1.807, 2.05) is 63.4 Å². The van der Waals surface area contributed by atoms with Crippen molar-refractivity contribution in [2.75, 3.05) is 17.1 Å². The topological polar surface area (TPSA) is 75.7 Å². The van der Waals surface area contributed by atoms with E-state index in [1.54, 1.807) is 36.4 Å². The quantitative estimate of drug-likeness (QED) is 0.398. The largest absolute Gasteiger partial charge is 0.491 e. The molecule has 3 aromatic rings. The fourth-order valence-electron chi connectivity index (χ4n) is 3.29. The number of nitrogens with one attached hydrogen (secondary N) is 1. The normalized spacial score (nSPS) is 11.3. The molecule has 0 aliphatic carbocycles. The Labute approximate surface area is 206 Å². The average Bonchev–Trinajstić information content (AvgIpc) is 2.81. The highest BCUT2D eigenvalue weighted by molar-refractivity contribution is 7.98. The first-order valence-corrected chi connectivity index (χ1v) is 13.6. The second-order valence-electron chi connectivity index (χ2n) is 8.11. The van der Waals surface area contributed by atoms with Crippen molar-refractivity contribution in [3.8, 4) is 5.75 Å². The van der Waals surface area contributed by atoms with E-state index in [0.717, 1.165) is 26.1 Å². The molecule has 0 aliphatic heterocycles. The number of thioether (sulfide) groups is 1. The first kappa shape index (κ1) is 25.6. The number of hydrogen-bond acceptors (Lipinski definition) is 5.